The predicted molar refractivity (Wildman–Crippen MR) is 175 cm³/mol. The van der Waals surface area contributed by atoms with Gasteiger partial charge in [-0.1, -0.05) is 32.0 Å². The Hall–Kier alpha value is -3.69. The normalized spacial score (nSPS) is 18.5. The average molecular weight is 606 g/mol. The fraction of sp³-hybridized carbons (Fsp3) is 0.618. The van der Waals surface area contributed by atoms with Crippen LogP contribution in [0.15, 0.2) is 30.3 Å². The molecule has 240 valence electrons. The highest BCUT2D eigenvalue weighted by molar-refractivity contribution is 5.97. The van der Waals surface area contributed by atoms with Gasteiger partial charge in [-0.3, -0.25) is 14.4 Å². The molecule has 4 rings (SSSR count). The van der Waals surface area contributed by atoms with Crippen molar-refractivity contribution >= 4 is 29.5 Å². The molecule has 10 heteroatoms. The zero-order chi connectivity index (χ0) is 31.5. The number of nitrogens with zero attached hydrogens (tertiary/aromatic N) is 4. The van der Waals surface area contributed by atoms with Crippen molar-refractivity contribution in [1.29, 1.82) is 0 Å². The van der Waals surface area contributed by atoms with Gasteiger partial charge in [0.1, 0.15) is 11.9 Å². The van der Waals surface area contributed by atoms with Crippen molar-refractivity contribution in [3.63, 3.8) is 0 Å². The predicted octanol–water partition coefficient (Wildman–Crippen LogP) is 4.49. The van der Waals surface area contributed by atoms with E-state index < -0.39 is 6.04 Å². The Morgan fingerprint density at radius 1 is 0.909 bits per heavy atom. The molecular weight excluding hydrogens is 554 g/mol. The maximum absolute atomic E-state index is 13.5. The number of nitrogens with one attached hydrogen (secondary N) is 3. The third-order valence-electron chi connectivity index (χ3n) is 8.61. The van der Waals surface area contributed by atoms with Crippen molar-refractivity contribution in [3.8, 4) is 0 Å². The minimum Gasteiger partial charge on any atom is -0.362 e. The molecule has 0 spiro atoms. The number of carbonyl (C=O) groups is 3. The van der Waals surface area contributed by atoms with Crippen molar-refractivity contribution in [2.75, 3.05) is 37.4 Å². The van der Waals surface area contributed by atoms with E-state index in [-0.39, 0.29) is 42.6 Å². The van der Waals surface area contributed by atoms with E-state index in [2.05, 4.69) is 20.9 Å². The van der Waals surface area contributed by atoms with Crippen LogP contribution in [0.5, 0.6) is 0 Å². The summed E-state index contributed by atoms with van der Waals surface area (Å²) >= 11 is 0. The first kappa shape index (κ1) is 33.2. The highest BCUT2D eigenvalue weighted by Crippen LogP contribution is 2.29. The third-order valence-corrected chi connectivity index (χ3v) is 8.61. The maximum atomic E-state index is 13.5. The first-order valence-corrected chi connectivity index (χ1v) is 16.6. The first-order chi connectivity index (χ1) is 21.3. The second kappa shape index (κ2) is 16.4. The van der Waals surface area contributed by atoms with E-state index in [1.165, 1.54) is 24.1 Å². The van der Waals surface area contributed by atoms with Crippen molar-refractivity contribution in [3.05, 3.63) is 47.2 Å². The maximum Gasteiger partial charge on any atom is 0.251 e. The first-order valence-electron chi connectivity index (χ1n) is 16.6. The van der Waals surface area contributed by atoms with Crippen molar-refractivity contribution in [2.45, 2.75) is 109 Å². The summed E-state index contributed by atoms with van der Waals surface area (Å²) in [6.45, 7) is 5.32. The lowest BCUT2D eigenvalue weighted by Crippen LogP contribution is -2.49. The van der Waals surface area contributed by atoms with Gasteiger partial charge in [0.25, 0.3) is 5.91 Å². The molecule has 0 radical (unpaired) electrons. The molecule has 0 saturated heterocycles. The minimum absolute atomic E-state index is 0.0839. The van der Waals surface area contributed by atoms with Gasteiger partial charge in [-0.25, -0.2) is 4.98 Å². The van der Waals surface area contributed by atoms with Crippen LogP contribution in [0.4, 0.5) is 11.8 Å². The molecule has 2 aliphatic carbocycles. The van der Waals surface area contributed by atoms with E-state index in [0.29, 0.717) is 24.6 Å². The third kappa shape index (κ3) is 9.16. The van der Waals surface area contributed by atoms with Gasteiger partial charge < -0.3 is 25.8 Å². The van der Waals surface area contributed by atoms with Crippen LogP contribution in [-0.2, 0) is 22.4 Å². The van der Waals surface area contributed by atoms with Gasteiger partial charge >= 0.3 is 0 Å². The number of anilines is 2. The highest BCUT2D eigenvalue weighted by atomic mass is 16.2. The molecule has 1 heterocycles. The Morgan fingerprint density at radius 2 is 1.57 bits per heavy atom. The van der Waals surface area contributed by atoms with Gasteiger partial charge in [0.15, 0.2) is 0 Å². The van der Waals surface area contributed by atoms with Crippen LogP contribution in [0.1, 0.15) is 99.7 Å². The van der Waals surface area contributed by atoms with Crippen LogP contribution in [0.3, 0.4) is 0 Å². The quantitative estimate of drug-likeness (QED) is 0.290. The Labute approximate surface area is 262 Å². The van der Waals surface area contributed by atoms with Gasteiger partial charge in [-0.15, -0.1) is 0 Å². The molecule has 1 atom stereocenters. The van der Waals surface area contributed by atoms with Gasteiger partial charge in [0.2, 0.25) is 17.8 Å². The van der Waals surface area contributed by atoms with Crippen LogP contribution < -0.4 is 20.9 Å². The Bertz CT molecular complexity index is 1240. The fourth-order valence-electron chi connectivity index (χ4n) is 6.33. The second-order valence-electron chi connectivity index (χ2n) is 12.4. The average Bonchev–Trinajstić information content (AvgIpc) is 3.03. The Morgan fingerprint density at radius 3 is 2.23 bits per heavy atom. The van der Waals surface area contributed by atoms with Crippen molar-refractivity contribution in [2.24, 2.45) is 0 Å². The molecule has 3 amide bonds. The molecule has 0 aliphatic heterocycles. The van der Waals surface area contributed by atoms with Crippen LogP contribution in [0.25, 0.3) is 0 Å². The highest BCUT2D eigenvalue weighted by Gasteiger charge is 2.28. The Kier molecular flexibility index (Phi) is 12.4. The number of amides is 3. The van der Waals surface area contributed by atoms with Gasteiger partial charge in [0.05, 0.1) is 5.69 Å². The number of hydrogen-bond acceptors (Lipinski definition) is 7. The summed E-state index contributed by atoms with van der Waals surface area (Å²) in [6, 6.07) is 8.49. The summed E-state index contributed by atoms with van der Waals surface area (Å²) in [6.07, 6.45) is 10.1. The molecule has 0 unspecified atom stereocenters. The number of carbonyl (C=O) groups excluding carboxylic acids is 3. The molecule has 10 nitrogen and oxygen atoms in total. The molecule has 1 aromatic heterocycles. The number of aryl methyl sites for hydroxylation is 1. The van der Waals surface area contributed by atoms with E-state index in [9.17, 15) is 14.4 Å². The zero-order valence-electron chi connectivity index (χ0n) is 27.0. The van der Waals surface area contributed by atoms with Gasteiger partial charge in [0, 0.05) is 56.8 Å². The van der Waals surface area contributed by atoms with E-state index in [1.54, 1.807) is 29.2 Å². The topological polar surface area (TPSA) is 120 Å². The number of aromatic nitrogens is 2. The molecular formula is C34H51N7O3. The van der Waals surface area contributed by atoms with Gasteiger partial charge in [-0.05, 0) is 82.8 Å². The van der Waals surface area contributed by atoms with Crippen LogP contribution >= 0.6 is 0 Å². The summed E-state index contributed by atoms with van der Waals surface area (Å²) in [5, 5.41) is 9.67. The van der Waals surface area contributed by atoms with E-state index in [4.69, 9.17) is 9.97 Å². The summed E-state index contributed by atoms with van der Waals surface area (Å²) in [5.74, 6) is 1.21. The van der Waals surface area contributed by atoms with E-state index in [1.807, 2.05) is 34.0 Å². The molecule has 1 saturated carbocycles. The molecule has 0 bridgehead atoms. The number of rotatable bonds is 14. The number of fused-ring (bicyclic) bond motifs is 1. The summed E-state index contributed by atoms with van der Waals surface area (Å²) in [5.41, 5.74) is 2.95. The molecule has 2 aromatic rings. The molecule has 1 fully saturated rings. The van der Waals surface area contributed by atoms with Crippen molar-refractivity contribution in [1.82, 2.24) is 25.5 Å². The SMILES string of the molecule is CCCN(CCC)C(=O)[C@H](CCC(=O)N[C@H]1CC[C@@H](Nc2nc3c(c(N(C)C)n2)CCCC3)CC1)NC(=O)c1ccccc1. The molecule has 44 heavy (non-hydrogen) atoms. The minimum atomic E-state index is -0.754. The second-order valence-corrected chi connectivity index (χ2v) is 12.4. The lowest BCUT2D eigenvalue weighted by Gasteiger charge is -2.31. The van der Waals surface area contributed by atoms with Crippen LogP contribution in [-0.4, -0.2) is 77.9 Å². The molecule has 3 N–H and O–H groups in total. The monoisotopic (exact) mass is 605 g/mol. The fourth-order valence-corrected chi connectivity index (χ4v) is 6.33. The summed E-state index contributed by atoms with van der Waals surface area (Å²) < 4.78 is 0. The smallest absolute Gasteiger partial charge is 0.251 e. The summed E-state index contributed by atoms with van der Waals surface area (Å²) in [4.78, 5) is 53.1. The van der Waals surface area contributed by atoms with E-state index >= 15 is 0 Å². The van der Waals surface area contributed by atoms with Gasteiger partial charge in [-0.2, -0.15) is 4.98 Å². The standard InChI is InChI=1S/C34H51N7O3/c1-5-22-41(23-6-2)33(44)29(37-32(43)24-12-8-7-9-13-24)20-21-30(42)35-25-16-18-26(19-17-25)36-34-38-28-15-11-10-14-27(28)31(39-34)40(3)4/h7-9,12-13,25-26,29H,5-6,10-11,14-23H2,1-4H3,(H,35,42)(H,37,43)(H,36,38,39)/t25-,26+,29-/m0/s1. The van der Waals surface area contributed by atoms with E-state index in [0.717, 1.165) is 57.2 Å². The largest absolute Gasteiger partial charge is 0.362 e. The number of hydrogen-bond donors (Lipinski definition) is 3. The lowest BCUT2D eigenvalue weighted by molar-refractivity contribution is -0.133. The van der Waals surface area contributed by atoms with Crippen LogP contribution in [0, 0.1) is 0 Å². The summed E-state index contributed by atoms with van der Waals surface area (Å²) in [7, 11) is 4.08. The van der Waals surface area contributed by atoms with Crippen molar-refractivity contribution < 1.29 is 14.4 Å². The molecule has 1 aromatic carbocycles. The zero-order valence-corrected chi connectivity index (χ0v) is 27.0. The Balaban J connectivity index is 1.29. The molecule has 2 aliphatic rings. The lowest BCUT2D eigenvalue weighted by atomic mass is 9.91. The number of benzene rings is 1. The van der Waals surface area contributed by atoms with Crippen LogP contribution in [0.2, 0.25) is 0 Å².